The van der Waals surface area contributed by atoms with Crippen LogP contribution < -0.4 is 15.8 Å². The SMILES string of the molecule is N=C(N)NC[C@H]1CC[C@H](C(=O)Oc2ccccc2-c2ccccc2)CC1. The van der Waals surface area contributed by atoms with Crippen molar-refractivity contribution < 1.29 is 9.53 Å². The third-order valence-corrected chi connectivity index (χ3v) is 4.94. The van der Waals surface area contributed by atoms with Gasteiger partial charge in [0, 0.05) is 12.1 Å². The summed E-state index contributed by atoms with van der Waals surface area (Å²) in [6.45, 7) is 0.702. The average molecular weight is 351 g/mol. The molecule has 2 aromatic carbocycles. The first-order valence-electron chi connectivity index (χ1n) is 9.07. The summed E-state index contributed by atoms with van der Waals surface area (Å²) in [4.78, 5) is 12.6. The lowest BCUT2D eigenvalue weighted by Crippen LogP contribution is -2.36. The second-order valence-electron chi connectivity index (χ2n) is 6.80. The first-order chi connectivity index (χ1) is 12.6. The molecule has 1 fully saturated rings. The molecular formula is C21H25N3O2. The van der Waals surface area contributed by atoms with Crippen LogP contribution in [0.25, 0.3) is 11.1 Å². The fourth-order valence-electron chi connectivity index (χ4n) is 3.46. The molecule has 5 heteroatoms. The first kappa shape index (κ1) is 18.0. The van der Waals surface area contributed by atoms with Crippen molar-refractivity contribution in [2.45, 2.75) is 25.7 Å². The molecule has 0 bridgehead atoms. The zero-order valence-corrected chi connectivity index (χ0v) is 14.8. The Morgan fingerprint density at radius 1 is 1.04 bits per heavy atom. The number of rotatable bonds is 5. The number of guanidine groups is 1. The lowest BCUT2D eigenvalue weighted by atomic mass is 9.82. The van der Waals surface area contributed by atoms with Crippen LogP contribution in [0, 0.1) is 17.2 Å². The van der Waals surface area contributed by atoms with Crippen LogP contribution in [0.4, 0.5) is 0 Å². The Hall–Kier alpha value is -2.82. The summed E-state index contributed by atoms with van der Waals surface area (Å²) in [7, 11) is 0. The van der Waals surface area contributed by atoms with Crippen molar-refractivity contribution >= 4 is 11.9 Å². The number of ether oxygens (including phenoxy) is 1. The van der Waals surface area contributed by atoms with E-state index in [-0.39, 0.29) is 17.8 Å². The molecule has 0 spiro atoms. The van der Waals surface area contributed by atoms with Crippen molar-refractivity contribution in [1.29, 1.82) is 5.41 Å². The van der Waals surface area contributed by atoms with Crippen molar-refractivity contribution in [3.63, 3.8) is 0 Å². The summed E-state index contributed by atoms with van der Waals surface area (Å²) in [6.07, 6.45) is 3.52. The van der Waals surface area contributed by atoms with Gasteiger partial charge in [-0.05, 0) is 43.2 Å². The van der Waals surface area contributed by atoms with Crippen LogP contribution in [0.5, 0.6) is 5.75 Å². The first-order valence-corrected chi connectivity index (χ1v) is 9.07. The van der Waals surface area contributed by atoms with Crippen LogP contribution in [0.2, 0.25) is 0 Å². The predicted molar refractivity (Wildman–Crippen MR) is 103 cm³/mol. The summed E-state index contributed by atoms with van der Waals surface area (Å²) in [5.41, 5.74) is 7.30. The highest BCUT2D eigenvalue weighted by Crippen LogP contribution is 2.33. The Morgan fingerprint density at radius 2 is 1.69 bits per heavy atom. The van der Waals surface area contributed by atoms with Crippen LogP contribution in [-0.2, 0) is 4.79 Å². The number of nitrogens with one attached hydrogen (secondary N) is 2. The Kier molecular flexibility index (Phi) is 5.89. The molecule has 1 aliphatic rings. The molecule has 0 unspecified atom stereocenters. The van der Waals surface area contributed by atoms with E-state index >= 15 is 0 Å². The van der Waals surface area contributed by atoms with E-state index in [9.17, 15) is 4.79 Å². The molecule has 0 radical (unpaired) electrons. The third-order valence-electron chi connectivity index (χ3n) is 4.94. The van der Waals surface area contributed by atoms with Crippen LogP contribution in [0.1, 0.15) is 25.7 Å². The van der Waals surface area contributed by atoms with Gasteiger partial charge < -0.3 is 15.8 Å². The van der Waals surface area contributed by atoms with E-state index in [4.69, 9.17) is 15.9 Å². The summed E-state index contributed by atoms with van der Waals surface area (Å²) in [5.74, 6) is 0.867. The molecule has 0 aromatic heterocycles. The van der Waals surface area contributed by atoms with E-state index < -0.39 is 0 Å². The van der Waals surface area contributed by atoms with Gasteiger partial charge in [-0.2, -0.15) is 0 Å². The van der Waals surface area contributed by atoms with Gasteiger partial charge in [0.05, 0.1) is 5.92 Å². The van der Waals surface area contributed by atoms with Crippen molar-refractivity contribution in [2.75, 3.05) is 6.54 Å². The lowest BCUT2D eigenvalue weighted by Gasteiger charge is -2.27. The quantitative estimate of drug-likeness (QED) is 0.333. The van der Waals surface area contributed by atoms with Gasteiger partial charge in [-0.1, -0.05) is 48.5 Å². The fraction of sp³-hybridized carbons (Fsp3) is 0.333. The third kappa shape index (κ3) is 4.63. The van der Waals surface area contributed by atoms with Crippen LogP contribution >= 0.6 is 0 Å². The van der Waals surface area contributed by atoms with Crippen molar-refractivity contribution in [1.82, 2.24) is 5.32 Å². The van der Waals surface area contributed by atoms with E-state index in [0.29, 0.717) is 18.2 Å². The normalized spacial score (nSPS) is 19.5. The number of carbonyl (C=O) groups is 1. The highest BCUT2D eigenvalue weighted by Gasteiger charge is 2.28. The van der Waals surface area contributed by atoms with E-state index in [2.05, 4.69) is 5.32 Å². The Balaban J connectivity index is 1.60. The summed E-state index contributed by atoms with van der Waals surface area (Å²) >= 11 is 0. The number of hydrogen-bond donors (Lipinski definition) is 3. The number of esters is 1. The molecular weight excluding hydrogens is 326 g/mol. The molecule has 4 N–H and O–H groups in total. The van der Waals surface area contributed by atoms with Gasteiger partial charge in [-0.25, -0.2) is 0 Å². The Bertz CT molecular complexity index is 753. The highest BCUT2D eigenvalue weighted by atomic mass is 16.5. The number of carbonyl (C=O) groups excluding carboxylic acids is 1. The Labute approximate surface area is 154 Å². The molecule has 1 saturated carbocycles. The van der Waals surface area contributed by atoms with E-state index in [1.807, 2.05) is 54.6 Å². The topological polar surface area (TPSA) is 88.2 Å². The van der Waals surface area contributed by atoms with Crippen molar-refractivity contribution in [3.8, 4) is 16.9 Å². The number of hydrogen-bond acceptors (Lipinski definition) is 3. The van der Waals surface area contributed by atoms with Crippen molar-refractivity contribution in [2.24, 2.45) is 17.6 Å². The average Bonchev–Trinajstić information content (AvgIpc) is 2.68. The molecule has 0 atom stereocenters. The molecule has 0 aliphatic heterocycles. The summed E-state index contributed by atoms with van der Waals surface area (Å²) in [6, 6.07) is 17.6. The van der Waals surface area contributed by atoms with Gasteiger partial charge in [0.1, 0.15) is 5.75 Å². The minimum atomic E-state index is -0.147. The van der Waals surface area contributed by atoms with Gasteiger partial charge in [0.25, 0.3) is 0 Å². The molecule has 136 valence electrons. The minimum absolute atomic E-state index is 0.00375. The zero-order chi connectivity index (χ0) is 18.4. The van der Waals surface area contributed by atoms with Gasteiger partial charge >= 0.3 is 5.97 Å². The largest absolute Gasteiger partial charge is 0.426 e. The number of para-hydroxylation sites is 1. The van der Waals surface area contributed by atoms with E-state index in [1.165, 1.54) is 0 Å². The van der Waals surface area contributed by atoms with Gasteiger partial charge in [0.15, 0.2) is 5.96 Å². The van der Waals surface area contributed by atoms with Crippen LogP contribution in [0.3, 0.4) is 0 Å². The number of benzene rings is 2. The molecule has 26 heavy (non-hydrogen) atoms. The van der Waals surface area contributed by atoms with Crippen LogP contribution in [-0.4, -0.2) is 18.5 Å². The molecule has 0 heterocycles. The molecule has 1 aliphatic carbocycles. The van der Waals surface area contributed by atoms with Crippen LogP contribution in [0.15, 0.2) is 54.6 Å². The summed E-state index contributed by atoms with van der Waals surface area (Å²) in [5, 5.41) is 10.1. The van der Waals surface area contributed by atoms with Gasteiger partial charge in [-0.3, -0.25) is 10.2 Å². The molecule has 3 rings (SSSR count). The second-order valence-corrected chi connectivity index (χ2v) is 6.80. The van der Waals surface area contributed by atoms with E-state index in [0.717, 1.165) is 36.8 Å². The molecule has 0 saturated heterocycles. The standard InChI is InChI=1S/C21H25N3O2/c22-21(23)24-14-15-10-12-17(13-11-15)20(25)26-19-9-5-4-8-18(19)16-6-2-1-3-7-16/h1-9,15,17H,10-14H2,(H4,22,23,24)/t15-,17-. The molecule has 0 amide bonds. The Morgan fingerprint density at radius 3 is 2.38 bits per heavy atom. The predicted octanol–water partition coefficient (Wildman–Crippen LogP) is 3.55. The van der Waals surface area contributed by atoms with E-state index in [1.54, 1.807) is 0 Å². The number of nitrogens with two attached hydrogens (primary N) is 1. The van der Waals surface area contributed by atoms with Crippen molar-refractivity contribution in [3.05, 3.63) is 54.6 Å². The second kappa shape index (κ2) is 8.52. The van der Waals surface area contributed by atoms with Gasteiger partial charge in [0.2, 0.25) is 0 Å². The monoisotopic (exact) mass is 351 g/mol. The molecule has 2 aromatic rings. The maximum Gasteiger partial charge on any atom is 0.314 e. The van der Waals surface area contributed by atoms with Gasteiger partial charge in [-0.15, -0.1) is 0 Å². The minimum Gasteiger partial charge on any atom is -0.426 e. The fourth-order valence-corrected chi connectivity index (χ4v) is 3.46. The molecule has 5 nitrogen and oxygen atoms in total. The maximum atomic E-state index is 12.6. The smallest absolute Gasteiger partial charge is 0.314 e. The summed E-state index contributed by atoms with van der Waals surface area (Å²) < 4.78 is 5.76. The highest BCUT2D eigenvalue weighted by molar-refractivity contribution is 5.79. The maximum absolute atomic E-state index is 12.6. The lowest BCUT2D eigenvalue weighted by molar-refractivity contribution is -0.140. The zero-order valence-electron chi connectivity index (χ0n) is 14.8.